The van der Waals surface area contributed by atoms with E-state index in [1.54, 1.807) is 0 Å². The Morgan fingerprint density at radius 1 is 1.19 bits per heavy atom. The first-order valence-corrected chi connectivity index (χ1v) is 7.09. The average molecular weight is 227 g/mol. The summed E-state index contributed by atoms with van der Waals surface area (Å²) in [6.45, 7) is 5.51. The van der Waals surface area contributed by atoms with E-state index in [1.807, 2.05) is 7.11 Å². The quantitative estimate of drug-likeness (QED) is 0.720. The Morgan fingerprint density at radius 2 is 1.88 bits per heavy atom. The third-order valence-electron chi connectivity index (χ3n) is 3.87. The lowest BCUT2D eigenvalue weighted by atomic mass is 9.81. The summed E-state index contributed by atoms with van der Waals surface area (Å²) in [7, 11) is 1.87. The smallest absolute Gasteiger partial charge is 0.0726 e. The van der Waals surface area contributed by atoms with Crippen LogP contribution in [-0.4, -0.2) is 25.8 Å². The molecule has 0 amide bonds. The highest BCUT2D eigenvalue weighted by Gasteiger charge is 2.29. The van der Waals surface area contributed by atoms with Crippen molar-refractivity contribution in [3.63, 3.8) is 0 Å². The van der Waals surface area contributed by atoms with Crippen LogP contribution in [0.4, 0.5) is 0 Å². The molecule has 96 valence electrons. The van der Waals surface area contributed by atoms with E-state index in [-0.39, 0.29) is 0 Å². The number of ether oxygens (including phenoxy) is 1. The molecule has 1 fully saturated rings. The first-order chi connectivity index (χ1) is 7.83. The Labute approximate surface area is 101 Å². The first-order valence-electron chi connectivity index (χ1n) is 7.09. The lowest BCUT2D eigenvalue weighted by Crippen LogP contribution is -2.46. The molecule has 0 spiro atoms. The fourth-order valence-corrected chi connectivity index (χ4v) is 3.06. The van der Waals surface area contributed by atoms with Crippen molar-refractivity contribution < 1.29 is 4.74 Å². The molecule has 2 heteroatoms. The van der Waals surface area contributed by atoms with Gasteiger partial charge in [0, 0.05) is 13.2 Å². The predicted molar refractivity (Wildman–Crippen MR) is 69.7 cm³/mol. The Bertz CT molecular complexity index is 161. The molecule has 2 unspecified atom stereocenters. The fraction of sp³-hybridized carbons (Fsp3) is 1.00. The molecule has 0 aliphatic heterocycles. The number of methoxy groups -OCH3 is 1. The van der Waals surface area contributed by atoms with Crippen molar-refractivity contribution in [3.05, 3.63) is 0 Å². The molecule has 0 aromatic rings. The Hall–Kier alpha value is -0.0800. The largest absolute Gasteiger partial charge is 0.380 e. The van der Waals surface area contributed by atoms with Gasteiger partial charge in [-0.2, -0.15) is 0 Å². The monoisotopic (exact) mass is 227 g/mol. The third kappa shape index (κ3) is 4.06. The Balaban J connectivity index is 2.54. The zero-order valence-electron chi connectivity index (χ0n) is 11.3. The van der Waals surface area contributed by atoms with Gasteiger partial charge in [-0.05, 0) is 31.7 Å². The van der Waals surface area contributed by atoms with Crippen molar-refractivity contribution in [1.82, 2.24) is 5.32 Å². The number of likely N-dealkylation sites (N-methyl/N-ethyl adjacent to an activating group) is 1. The van der Waals surface area contributed by atoms with Gasteiger partial charge in [-0.1, -0.05) is 39.5 Å². The van der Waals surface area contributed by atoms with Crippen molar-refractivity contribution in [2.45, 2.75) is 70.9 Å². The van der Waals surface area contributed by atoms with Gasteiger partial charge in [0.1, 0.15) is 0 Å². The van der Waals surface area contributed by atoms with Crippen LogP contribution in [0.25, 0.3) is 0 Å². The summed E-state index contributed by atoms with van der Waals surface area (Å²) in [6, 6.07) is 0.579. The van der Waals surface area contributed by atoms with Crippen LogP contribution < -0.4 is 5.32 Å². The van der Waals surface area contributed by atoms with Gasteiger partial charge in [-0.3, -0.25) is 0 Å². The SMILES string of the molecule is CCCC(OC)C(NCC)C1CCCCC1. The van der Waals surface area contributed by atoms with Crippen LogP contribution in [0, 0.1) is 5.92 Å². The number of hydrogen-bond acceptors (Lipinski definition) is 2. The maximum atomic E-state index is 5.70. The molecule has 1 aliphatic rings. The highest BCUT2D eigenvalue weighted by molar-refractivity contribution is 4.85. The zero-order valence-corrected chi connectivity index (χ0v) is 11.3. The van der Waals surface area contributed by atoms with Crippen molar-refractivity contribution >= 4 is 0 Å². The van der Waals surface area contributed by atoms with E-state index in [9.17, 15) is 0 Å². The zero-order chi connectivity index (χ0) is 11.8. The first kappa shape index (κ1) is 14.0. The van der Waals surface area contributed by atoms with Crippen LogP contribution in [-0.2, 0) is 4.74 Å². The minimum absolute atomic E-state index is 0.410. The van der Waals surface area contributed by atoms with Gasteiger partial charge in [0.25, 0.3) is 0 Å². The highest BCUT2D eigenvalue weighted by Crippen LogP contribution is 2.29. The molecule has 1 N–H and O–H groups in total. The fourth-order valence-electron chi connectivity index (χ4n) is 3.06. The topological polar surface area (TPSA) is 21.3 Å². The number of nitrogens with one attached hydrogen (secondary N) is 1. The third-order valence-corrected chi connectivity index (χ3v) is 3.87. The van der Waals surface area contributed by atoms with Gasteiger partial charge in [0.15, 0.2) is 0 Å². The summed E-state index contributed by atoms with van der Waals surface area (Å²) in [6.07, 6.45) is 9.85. The van der Waals surface area contributed by atoms with Crippen LogP contribution in [0.3, 0.4) is 0 Å². The van der Waals surface area contributed by atoms with Crippen molar-refractivity contribution in [2.75, 3.05) is 13.7 Å². The second-order valence-electron chi connectivity index (χ2n) is 5.04. The van der Waals surface area contributed by atoms with Crippen molar-refractivity contribution in [1.29, 1.82) is 0 Å². The van der Waals surface area contributed by atoms with E-state index < -0.39 is 0 Å². The average Bonchev–Trinajstić information content (AvgIpc) is 2.35. The lowest BCUT2D eigenvalue weighted by molar-refractivity contribution is 0.0336. The minimum atomic E-state index is 0.410. The molecule has 0 aromatic carbocycles. The summed E-state index contributed by atoms with van der Waals surface area (Å²) in [5.41, 5.74) is 0. The van der Waals surface area contributed by atoms with E-state index in [1.165, 1.54) is 44.9 Å². The Morgan fingerprint density at radius 3 is 2.38 bits per heavy atom. The molecule has 0 bridgehead atoms. The van der Waals surface area contributed by atoms with E-state index in [0.29, 0.717) is 12.1 Å². The molecular formula is C14H29NO. The number of hydrogen-bond donors (Lipinski definition) is 1. The van der Waals surface area contributed by atoms with Gasteiger partial charge in [0.2, 0.25) is 0 Å². The summed E-state index contributed by atoms with van der Waals surface area (Å²) >= 11 is 0. The van der Waals surface area contributed by atoms with Gasteiger partial charge >= 0.3 is 0 Å². The van der Waals surface area contributed by atoms with E-state index in [0.717, 1.165) is 12.5 Å². The maximum Gasteiger partial charge on any atom is 0.0726 e. The summed E-state index contributed by atoms with van der Waals surface area (Å²) < 4.78 is 5.70. The van der Waals surface area contributed by atoms with Gasteiger partial charge in [-0.25, -0.2) is 0 Å². The Kier molecular flexibility index (Phi) is 7.06. The normalized spacial score (nSPS) is 21.9. The highest BCUT2D eigenvalue weighted by atomic mass is 16.5. The molecule has 0 saturated heterocycles. The molecule has 0 radical (unpaired) electrons. The molecule has 0 heterocycles. The standard InChI is InChI=1S/C14H29NO/c1-4-9-13(16-3)14(15-5-2)12-10-7-6-8-11-12/h12-15H,4-11H2,1-3H3. The van der Waals surface area contributed by atoms with Gasteiger partial charge in [0.05, 0.1) is 6.10 Å². The molecule has 1 rings (SSSR count). The predicted octanol–water partition coefficient (Wildman–Crippen LogP) is 3.36. The number of rotatable bonds is 7. The van der Waals surface area contributed by atoms with E-state index in [2.05, 4.69) is 19.2 Å². The van der Waals surface area contributed by atoms with Gasteiger partial charge in [-0.15, -0.1) is 0 Å². The van der Waals surface area contributed by atoms with Crippen LogP contribution >= 0.6 is 0 Å². The second kappa shape index (κ2) is 8.08. The molecule has 16 heavy (non-hydrogen) atoms. The molecule has 1 saturated carbocycles. The van der Waals surface area contributed by atoms with E-state index >= 15 is 0 Å². The van der Waals surface area contributed by atoms with Crippen LogP contribution in [0.2, 0.25) is 0 Å². The van der Waals surface area contributed by atoms with E-state index in [4.69, 9.17) is 4.74 Å². The molecular weight excluding hydrogens is 198 g/mol. The van der Waals surface area contributed by atoms with Crippen LogP contribution in [0.15, 0.2) is 0 Å². The maximum absolute atomic E-state index is 5.70. The molecule has 1 aliphatic carbocycles. The summed E-state index contributed by atoms with van der Waals surface area (Å²) in [5, 5.41) is 3.66. The molecule has 2 atom stereocenters. The van der Waals surface area contributed by atoms with Crippen molar-refractivity contribution in [2.24, 2.45) is 5.92 Å². The second-order valence-corrected chi connectivity index (χ2v) is 5.04. The summed E-state index contributed by atoms with van der Waals surface area (Å²) in [4.78, 5) is 0. The van der Waals surface area contributed by atoms with Gasteiger partial charge < -0.3 is 10.1 Å². The minimum Gasteiger partial charge on any atom is -0.380 e. The van der Waals surface area contributed by atoms with Crippen LogP contribution in [0.5, 0.6) is 0 Å². The molecule has 2 nitrogen and oxygen atoms in total. The van der Waals surface area contributed by atoms with Crippen molar-refractivity contribution in [3.8, 4) is 0 Å². The molecule has 0 aromatic heterocycles. The lowest BCUT2D eigenvalue weighted by Gasteiger charge is -2.35. The van der Waals surface area contributed by atoms with Crippen LogP contribution in [0.1, 0.15) is 58.8 Å². The summed E-state index contributed by atoms with van der Waals surface area (Å²) in [5.74, 6) is 0.838.